The fraction of sp³-hybridized carbons (Fsp3) is 0.273. The first-order chi connectivity index (χ1) is 7.63. The second-order valence-electron chi connectivity index (χ2n) is 3.33. The van der Waals surface area contributed by atoms with Gasteiger partial charge in [-0.3, -0.25) is 9.59 Å². The second-order valence-corrected chi connectivity index (χ2v) is 3.33. The van der Waals surface area contributed by atoms with Crippen molar-refractivity contribution in [2.75, 3.05) is 12.3 Å². The fourth-order valence-corrected chi connectivity index (χ4v) is 1.19. The Morgan fingerprint density at radius 3 is 2.75 bits per heavy atom. The molecule has 5 heteroatoms. The first-order valence-electron chi connectivity index (χ1n) is 4.89. The lowest BCUT2D eigenvalue weighted by molar-refractivity contribution is -0.118. The first kappa shape index (κ1) is 12.0. The zero-order valence-corrected chi connectivity index (χ0v) is 8.81. The maximum Gasteiger partial charge on any atom is 0.217 e. The Bertz CT molecular complexity index is 391. The Morgan fingerprint density at radius 1 is 1.44 bits per heavy atom. The fourth-order valence-electron chi connectivity index (χ4n) is 1.19. The van der Waals surface area contributed by atoms with E-state index in [1.54, 1.807) is 18.2 Å². The quantitative estimate of drug-likeness (QED) is 0.421. The molecular formula is C11H14N2O3. The lowest BCUT2D eigenvalue weighted by Gasteiger charge is -2.06. The molecule has 16 heavy (non-hydrogen) atoms. The number of nitrogens with two attached hydrogens (primary N) is 2. The van der Waals surface area contributed by atoms with Crippen LogP contribution in [0, 0.1) is 0 Å². The van der Waals surface area contributed by atoms with Crippen LogP contribution in [0.2, 0.25) is 0 Å². The number of benzene rings is 1. The standard InChI is InChI=1S/C11H14N2O3/c12-10-6-9(4-3-8(10)7-14)16-5-1-2-11(13)15/h3-4,6-7H,1-2,5,12H2,(H2,13,15). The highest BCUT2D eigenvalue weighted by molar-refractivity contribution is 5.83. The van der Waals surface area contributed by atoms with E-state index >= 15 is 0 Å². The maximum atomic E-state index is 10.5. The third-order valence-electron chi connectivity index (χ3n) is 2.02. The Balaban J connectivity index is 2.46. The van der Waals surface area contributed by atoms with E-state index in [4.69, 9.17) is 16.2 Å². The average Bonchev–Trinajstić information content (AvgIpc) is 2.24. The number of carbonyl (C=O) groups excluding carboxylic acids is 2. The summed E-state index contributed by atoms with van der Waals surface area (Å²) in [5, 5.41) is 0. The number of nitrogen functional groups attached to an aromatic ring is 1. The highest BCUT2D eigenvalue weighted by Crippen LogP contribution is 2.18. The van der Waals surface area contributed by atoms with Crippen LogP contribution in [0.3, 0.4) is 0 Å². The average molecular weight is 222 g/mol. The van der Waals surface area contributed by atoms with Gasteiger partial charge in [-0.05, 0) is 18.6 Å². The van der Waals surface area contributed by atoms with Crippen LogP contribution >= 0.6 is 0 Å². The minimum atomic E-state index is -0.348. The van der Waals surface area contributed by atoms with Crippen molar-refractivity contribution in [2.45, 2.75) is 12.8 Å². The zero-order chi connectivity index (χ0) is 12.0. The number of ether oxygens (including phenoxy) is 1. The van der Waals surface area contributed by atoms with Gasteiger partial charge >= 0.3 is 0 Å². The minimum absolute atomic E-state index is 0.294. The van der Waals surface area contributed by atoms with Crippen molar-refractivity contribution in [3.8, 4) is 5.75 Å². The third-order valence-corrected chi connectivity index (χ3v) is 2.02. The molecule has 1 rings (SSSR count). The van der Waals surface area contributed by atoms with Gasteiger partial charge in [-0.25, -0.2) is 0 Å². The monoisotopic (exact) mass is 222 g/mol. The molecule has 1 amide bonds. The van der Waals surface area contributed by atoms with Crippen LogP contribution in [-0.4, -0.2) is 18.8 Å². The molecule has 0 fully saturated rings. The number of hydrogen-bond acceptors (Lipinski definition) is 4. The van der Waals surface area contributed by atoms with E-state index in [-0.39, 0.29) is 5.91 Å². The van der Waals surface area contributed by atoms with Crippen molar-refractivity contribution < 1.29 is 14.3 Å². The van der Waals surface area contributed by atoms with Gasteiger partial charge in [-0.15, -0.1) is 0 Å². The van der Waals surface area contributed by atoms with Gasteiger partial charge in [-0.1, -0.05) is 0 Å². The predicted molar refractivity (Wildman–Crippen MR) is 60.2 cm³/mol. The van der Waals surface area contributed by atoms with Gasteiger partial charge in [0.15, 0.2) is 6.29 Å². The van der Waals surface area contributed by atoms with Crippen LogP contribution < -0.4 is 16.2 Å². The molecular weight excluding hydrogens is 208 g/mol. The van der Waals surface area contributed by atoms with Crippen LogP contribution in [0.15, 0.2) is 18.2 Å². The highest BCUT2D eigenvalue weighted by atomic mass is 16.5. The first-order valence-corrected chi connectivity index (χ1v) is 4.89. The number of hydrogen-bond donors (Lipinski definition) is 2. The molecule has 4 N–H and O–H groups in total. The van der Waals surface area contributed by atoms with E-state index in [9.17, 15) is 9.59 Å². The van der Waals surface area contributed by atoms with Crippen LogP contribution in [-0.2, 0) is 4.79 Å². The van der Waals surface area contributed by atoms with E-state index < -0.39 is 0 Å². The molecule has 0 aliphatic carbocycles. The number of carbonyl (C=O) groups is 2. The molecule has 86 valence electrons. The summed E-state index contributed by atoms with van der Waals surface area (Å²) in [6.07, 6.45) is 1.54. The topological polar surface area (TPSA) is 95.4 Å². The van der Waals surface area contributed by atoms with Gasteiger partial charge in [0.2, 0.25) is 5.91 Å². The van der Waals surface area contributed by atoms with Gasteiger partial charge in [0.1, 0.15) is 5.75 Å². The van der Waals surface area contributed by atoms with Gasteiger partial charge in [0, 0.05) is 23.7 Å². The number of primary amides is 1. The smallest absolute Gasteiger partial charge is 0.217 e. The summed E-state index contributed by atoms with van der Waals surface area (Å²) >= 11 is 0. The van der Waals surface area contributed by atoms with Crippen molar-refractivity contribution in [3.63, 3.8) is 0 Å². The number of amides is 1. The Morgan fingerprint density at radius 2 is 2.19 bits per heavy atom. The maximum absolute atomic E-state index is 10.5. The lowest BCUT2D eigenvalue weighted by atomic mass is 10.2. The summed E-state index contributed by atoms with van der Waals surface area (Å²) in [5.74, 6) is 0.229. The molecule has 0 saturated heterocycles. The Kier molecular flexibility index (Phi) is 4.32. The van der Waals surface area contributed by atoms with Crippen molar-refractivity contribution in [1.82, 2.24) is 0 Å². The van der Waals surface area contributed by atoms with Crippen LogP contribution in [0.1, 0.15) is 23.2 Å². The van der Waals surface area contributed by atoms with Crippen molar-refractivity contribution in [1.29, 1.82) is 0 Å². The van der Waals surface area contributed by atoms with E-state index in [0.717, 1.165) is 0 Å². The molecule has 1 aromatic rings. The molecule has 0 aliphatic rings. The van der Waals surface area contributed by atoms with Gasteiger partial charge in [0.25, 0.3) is 0 Å². The summed E-state index contributed by atoms with van der Waals surface area (Å²) in [6, 6.07) is 4.82. The summed E-state index contributed by atoms with van der Waals surface area (Å²) in [7, 11) is 0. The SMILES string of the molecule is NC(=O)CCCOc1ccc(C=O)c(N)c1. The third kappa shape index (κ3) is 3.61. The van der Waals surface area contributed by atoms with Crippen LogP contribution in [0.25, 0.3) is 0 Å². The van der Waals surface area contributed by atoms with E-state index in [1.165, 1.54) is 0 Å². The van der Waals surface area contributed by atoms with Gasteiger partial charge in [0.05, 0.1) is 6.61 Å². The lowest BCUT2D eigenvalue weighted by Crippen LogP contribution is -2.11. The van der Waals surface area contributed by atoms with Crippen molar-refractivity contribution >= 4 is 17.9 Å². The van der Waals surface area contributed by atoms with E-state index in [1.807, 2.05) is 0 Å². The number of aldehydes is 1. The molecule has 0 bridgehead atoms. The molecule has 0 unspecified atom stereocenters. The Hall–Kier alpha value is -2.04. The summed E-state index contributed by atoms with van der Waals surface area (Å²) in [4.78, 5) is 21.0. The summed E-state index contributed by atoms with van der Waals surface area (Å²) < 4.78 is 5.33. The second kappa shape index (κ2) is 5.75. The molecule has 5 nitrogen and oxygen atoms in total. The molecule has 0 saturated carbocycles. The van der Waals surface area contributed by atoms with Gasteiger partial charge in [-0.2, -0.15) is 0 Å². The van der Waals surface area contributed by atoms with Crippen LogP contribution in [0.4, 0.5) is 5.69 Å². The minimum Gasteiger partial charge on any atom is -0.494 e. The molecule has 1 aromatic carbocycles. The summed E-state index contributed by atoms with van der Waals surface area (Å²) in [5.41, 5.74) is 11.4. The molecule has 0 aliphatic heterocycles. The van der Waals surface area contributed by atoms with Gasteiger partial charge < -0.3 is 16.2 Å². The Labute approximate surface area is 93.4 Å². The van der Waals surface area contributed by atoms with E-state index in [2.05, 4.69) is 0 Å². The van der Waals surface area contributed by atoms with Crippen LogP contribution in [0.5, 0.6) is 5.75 Å². The van der Waals surface area contributed by atoms with E-state index in [0.29, 0.717) is 42.7 Å². The highest BCUT2D eigenvalue weighted by Gasteiger charge is 2.01. The number of anilines is 1. The summed E-state index contributed by atoms with van der Waals surface area (Å²) in [6.45, 7) is 0.392. The van der Waals surface area contributed by atoms with Crippen molar-refractivity contribution in [3.05, 3.63) is 23.8 Å². The van der Waals surface area contributed by atoms with Crippen molar-refractivity contribution in [2.24, 2.45) is 5.73 Å². The largest absolute Gasteiger partial charge is 0.494 e. The molecule has 0 heterocycles. The zero-order valence-electron chi connectivity index (χ0n) is 8.81. The molecule has 0 aromatic heterocycles. The predicted octanol–water partition coefficient (Wildman–Crippen LogP) is 0.726. The normalized spacial score (nSPS) is 9.75. The number of rotatable bonds is 6. The molecule has 0 spiro atoms. The molecule has 0 radical (unpaired) electrons. The molecule has 0 atom stereocenters.